The van der Waals surface area contributed by atoms with Gasteiger partial charge in [-0.15, -0.1) is 11.3 Å². The third-order valence-electron chi connectivity index (χ3n) is 6.69. The number of halogens is 3. The van der Waals surface area contributed by atoms with E-state index in [1.807, 2.05) is 6.92 Å². The predicted octanol–water partition coefficient (Wildman–Crippen LogP) is 3.73. The number of aromatic nitrogens is 1. The summed E-state index contributed by atoms with van der Waals surface area (Å²) in [6.07, 6.45) is -1.69. The highest BCUT2D eigenvalue weighted by atomic mass is 32.1. The molecule has 0 bridgehead atoms. The molecule has 2 amide bonds. The molecule has 4 rings (SSSR count). The summed E-state index contributed by atoms with van der Waals surface area (Å²) in [6, 6.07) is -0.505. The Morgan fingerprint density at radius 2 is 1.97 bits per heavy atom. The Morgan fingerprint density at radius 1 is 1.25 bits per heavy atom. The zero-order valence-electron chi connectivity index (χ0n) is 20.8. The fraction of sp³-hybridized carbons (Fsp3) is 0.667. The first-order valence-corrected chi connectivity index (χ1v) is 13.0. The number of amides is 2. The van der Waals surface area contributed by atoms with Crippen molar-refractivity contribution in [2.45, 2.75) is 89.7 Å². The lowest BCUT2D eigenvalue weighted by Crippen LogP contribution is -2.50. The zero-order chi connectivity index (χ0) is 26.4. The highest BCUT2D eigenvalue weighted by Gasteiger charge is 2.47. The number of aliphatic hydroxyl groups excluding tert-OH is 1. The van der Waals surface area contributed by atoms with E-state index in [4.69, 9.17) is 0 Å². The van der Waals surface area contributed by atoms with Crippen molar-refractivity contribution < 1.29 is 27.9 Å². The average Bonchev–Trinajstić information content (AvgIpc) is 3.41. The number of likely N-dealkylation sites (tertiary alicyclic amines) is 1. The Morgan fingerprint density at radius 3 is 2.50 bits per heavy atom. The molecule has 12 heteroatoms. The van der Waals surface area contributed by atoms with Crippen LogP contribution in [0.3, 0.4) is 0 Å². The Balaban J connectivity index is 1.75. The summed E-state index contributed by atoms with van der Waals surface area (Å²) in [4.78, 5) is 36.6. The van der Waals surface area contributed by atoms with Crippen LogP contribution in [-0.4, -0.2) is 69.1 Å². The molecule has 36 heavy (non-hydrogen) atoms. The summed E-state index contributed by atoms with van der Waals surface area (Å²) in [6.45, 7) is 7.76. The summed E-state index contributed by atoms with van der Waals surface area (Å²) < 4.78 is 42.8. The Labute approximate surface area is 212 Å². The Bertz CT molecular complexity index is 1090. The number of aliphatic imine (C=N–C) groups is 1. The third-order valence-corrected chi connectivity index (χ3v) is 7.79. The van der Waals surface area contributed by atoms with Gasteiger partial charge in [0.25, 0.3) is 11.8 Å². The minimum absolute atomic E-state index is 0.0306. The van der Waals surface area contributed by atoms with Gasteiger partial charge in [-0.1, -0.05) is 0 Å². The number of carbonyl (C=O) groups is 2. The maximum Gasteiger partial charge on any atom is 0.396 e. The summed E-state index contributed by atoms with van der Waals surface area (Å²) in [5.74, 6) is -2.80. The van der Waals surface area contributed by atoms with E-state index >= 15 is 0 Å². The number of nitrogens with one attached hydrogen (secondary N) is 2. The summed E-state index contributed by atoms with van der Waals surface area (Å²) in [5, 5.41) is 15.3. The second-order valence-electron chi connectivity index (χ2n) is 10.7. The molecule has 3 N–H and O–H groups in total. The molecule has 0 spiro atoms. The van der Waals surface area contributed by atoms with Crippen molar-refractivity contribution >= 4 is 34.6 Å². The summed E-state index contributed by atoms with van der Waals surface area (Å²) >= 11 is 0.774. The largest absolute Gasteiger partial charge is 0.396 e. The molecule has 198 valence electrons. The average molecular weight is 528 g/mol. The lowest BCUT2D eigenvalue weighted by molar-refractivity contribution is -0.156. The smallest absolute Gasteiger partial charge is 0.391 e. The summed E-state index contributed by atoms with van der Waals surface area (Å²) in [7, 11) is 0. The van der Waals surface area contributed by atoms with Gasteiger partial charge in [-0.2, -0.15) is 13.2 Å². The van der Waals surface area contributed by atoms with Crippen LogP contribution in [0.15, 0.2) is 11.2 Å². The third kappa shape index (κ3) is 5.59. The zero-order valence-corrected chi connectivity index (χ0v) is 21.6. The number of rotatable bonds is 4. The first-order valence-electron chi connectivity index (χ1n) is 12.2. The van der Waals surface area contributed by atoms with Crippen molar-refractivity contribution in [2.24, 2.45) is 10.9 Å². The Hall–Kier alpha value is -2.47. The van der Waals surface area contributed by atoms with Crippen molar-refractivity contribution in [3.8, 4) is 0 Å². The van der Waals surface area contributed by atoms with Crippen LogP contribution in [0.25, 0.3) is 5.57 Å². The number of hydrogen-bond acceptors (Lipinski definition) is 6. The molecule has 1 saturated heterocycles. The molecule has 0 aromatic carbocycles. The second-order valence-corrected chi connectivity index (χ2v) is 11.7. The van der Waals surface area contributed by atoms with E-state index in [1.165, 1.54) is 6.20 Å². The van der Waals surface area contributed by atoms with Crippen LogP contribution in [0, 0.1) is 5.92 Å². The molecule has 2 aliphatic heterocycles. The standard InChI is InChI=1S/C24H32F3N5O3S/c1-12-6-5-9-32(12)22(35)18-19(36-21(30-18)20(34)29-15-7-8-16(15)33)13-11-28-17(31-23(2,3)4)10-14(13)24(25,26)27/h11-12,14-16,33H,5-10H2,1-4H3,(H,28,31)(H,29,34)/t12-,14?,15+,16+/m0/s1. The number of allylic oxidation sites excluding steroid dienone is 1. The van der Waals surface area contributed by atoms with E-state index in [0.29, 0.717) is 19.4 Å². The number of hydrogen-bond donors (Lipinski definition) is 3. The van der Waals surface area contributed by atoms with Gasteiger partial charge < -0.3 is 20.6 Å². The predicted molar refractivity (Wildman–Crippen MR) is 131 cm³/mol. The highest BCUT2D eigenvalue weighted by Crippen LogP contribution is 2.44. The van der Waals surface area contributed by atoms with Gasteiger partial charge in [-0.3, -0.25) is 14.6 Å². The number of aliphatic hydroxyl groups is 1. The van der Waals surface area contributed by atoms with Crippen molar-refractivity contribution in [2.75, 3.05) is 6.54 Å². The quantitative estimate of drug-likeness (QED) is 0.553. The van der Waals surface area contributed by atoms with Crippen LogP contribution in [-0.2, 0) is 0 Å². The van der Waals surface area contributed by atoms with Crippen molar-refractivity contribution in [1.82, 2.24) is 20.5 Å². The van der Waals surface area contributed by atoms with E-state index in [-0.39, 0.29) is 33.0 Å². The van der Waals surface area contributed by atoms with Gasteiger partial charge >= 0.3 is 6.18 Å². The maximum absolute atomic E-state index is 14.3. The van der Waals surface area contributed by atoms with Gasteiger partial charge in [0, 0.05) is 30.8 Å². The van der Waals surface area contributed by atoms with Gasteiger partial charge in [0.2, 0.25) is 0 Å². The molecule has 1 aliphatic carbocycles. The molecule has 3 heterocycles. The van der Waals surface area contributed by atoms with E-state index in [1.54, 1.807) is 25.7 Å². The fourth-order valence-electron chi connectivity index (χ4n) is 4.63. The molecule has 1 aromatic heterocycles. The number of nitrogens with zero attached hydrogens (tertiary/aromatic N) is 3. The normalized spacial score (nSPS) is 27.9. The molecule has 4 atom stereocenters. The molecule has 2 fully saturated rings. The minimum atomic E-state index is -4.60. The lowest BCUT2D eigenvalue weighted by Gasteiger charge is -2.32. The van der Waals surface area contributed by atoms with Crippen molar-refractivity contribution in [1.29, 1.82) is 0 Å². The van der Waals surface area contributed by atoms with Gasteiger partial charge in [-0.05, 0) is 53.4 Å². The van der Waals surface area contributed by atoms with E-state index in [2.05, 4.69) is 20.6 Å². The van der Waals surface area contributed by atoms with Crippen LogP contribution in [0.5, 0.6) is 0 Å². The first-order chi connectivity index (χ1) is 16.7. The van der Waals surface area contributed by atoms with Crippen LogP contribution < -0.4 is 10.6 Å². The monoisotopic (exact) mass is 527 g/mol. The van der Waals surface area contributed by atoms with Crippen LogP contribution in [0.1, 0.15) is 85.0 Å². The van der Waals surface area contributed by atoms with E-state index < -0.39 is 48.0 Å². The van der Waals surface area contributed by atoms with Crippen LogP contribution in [0.2, 0.25) is 0 Å². The highest BCUT2D eigenvalue weighted by molar-refractivity contribution is 7.15. The molecular weight excluding hydrogens is 495 g/mol. The Kier molecular flexibility index (Phi) is 7.22. The van der Waals surface area contributed by atoms with Crippen LogP contribution in [0.4, 0.5) is 13.2 Å². The molecular formula is C24H32F3N5O3S. The first kappa shape index (κ1) is 26.6. The van der Waals surface area contributed by atoms with Gasteiger partial charge in [0.05, 0.1) is 28.5 Å². The van der Waals surface area contributed by atoms with E-state index in [0.717, 1.165) is 24.2 Å². The molecule has 1 aromatic rings. The number of amidine groups is 1. The molecule has 0 radical (unpaired) electrons. The second kappa shape index (κ2) is 9.77. The molecule has 3 aliphatic rings. The van der Waals surface area contributed by atoms with Gasteiger partial charge in [0.1, 0.15) is 11.5 Å². The minimum Gasteiger partial charge on any atom is -0.391 e. The van der Waals surface area contributed by atoms with Crippen molar-refractivity contribution in [3.63, 3.8) is 0 Å². The molecule has 1 saturated carbocycles. The number of alkyl halides is 3. The SMILES string of the molecule is C[C@H]1CCCN1C(=O)c1nc(C(=O)N[C@@H]2CC[C@H]2O)sc1C1=CNC(=NC(C)(C)C)CC1C(F)(F)F. The maximum atomic E-state index is 14.3. The van der Waals surface area contributed by atoms with Gasteiger partial charge in [0.15, 0.2) is 5.01 Å². The topological polar surface area (TPSA) is 107 Å². The van der Waals surface area contributed by atoms with Crippen LogP contribution >= 0.6 is 11.3 Å². The van der Waals surface area contributed by atoms with Crippen molar-refractivity contribution in [3.05, 3.63) is 21.8 Å². The fourth-order valence-corrected chi connectivity index (χ4v) is 5.66. The number of thiazole rings is 1. The number of carbonyl (C=O) groups excluding carboxylic acids is 2. The van der Waals surface area contributed by atoms with E-state index in [9.17, 15) is 27.9 Å². The molecule has 8 nitrogen and oxygen atoms in total. The summed E-state index contributed by atoms with van der Waals surface area (Å²) in [5.41, 5.74) is -0.851. The van der Waals surface area contributed by atoms with Gasteiger partial charge in [-0.25, -0.2) is 4.98 Å². The lowest BCUT2D eigenvalue weighted by atomic mass is 9.89. The molecule has 1 unspecified atom stereocenters.